The second kappa shape index (κ2) is 5.16. The number of aromatic carboxylic acids is 1. The molecule has 0 saturated heterocycles. The molecular weight excluding hydrogens is 281 g/mol. The molecule has 0 atom stereocenters. The predicted molar refractivity (Wildman–Crippen MR) is 75.3 cm³/mol. The fourth-order valence-electron chi connectivity index (χ4n) is 1.48. The van der Waals surface area contributed by atoms with Gasteiger partial charge in [0.05, 0.1) is 11.9 Å². The van der Waals surface area contributed by atoms with Crippen LogP contribution in [0.1, 0.15) is 36.8 Å². The highest BCUT2D eigenvalue weighted by Gasteiger charge is 2.19. The Labute approximate surface area is 119 Å². The molecule has 0 saturated carbocycles. The first-order chi connectivity index (χ1) is 9.27. The van der Waals surface area contributed by atoms with Crippen molar-refractivity contribution < 1.29 is 14.3 Å². The van der Waals surface area contributed by atoms with Gasteiger partial charge in [0.2, 0.25) is 0 Å². The first-order valence-corrected chi connectivity index (χ1v) is 6.77. The van der Waals surface area contributed by atoms with Crippen molar-refractivity contribution in [2.75, 3.05) is 5.32 Å². The molecule has 20 heavy (non-hydrogen) atoms. The Bertz CT molecular complexity index is 649. The lowest BCUT2D eigenvalue weighted by Gasteiger charge is -2.14. The van der Waals surface area contributed by atoms with E-state index in [-0.39, 0.29) is 16.8 Å². The number of thiazole rings is 1. The van der Waals surface area contributed by atoms with Gasteiger partial charge in [0, 0.05) is 10.8 Å². The van der Waals surface area contributed by atoms with Gasteiger partial charge in [0.15, 0.2) is 5.13 Å². The number of hydrogen-bond acceptors (Lipinski definition) is 5. The highest BCUT2D eigenvalue weighted by atomic mass is 32.1. The Balaban J connectivity index is 2.31. The monoisotopic (exact) mass is 295 g/mol. The van der Waals surface area contributed by atoms with Crippen molar-refractivity contribution in [3.8, 4) is 0 Å². The summed E-state index contributed by atoms with van der Waals surface area (Å²) in [5.41, 5.74) is 0.573. The summed E-state index contributed by atoms with van der Waals surface area (Å²) < 4.78 is 13.0. The molecule has 0 amide bonds. The van der Waals surface area contributed by atoms with E-state index in [1.54, 1.807) is 0 Å². The van der Waals surface area contributed by atoms with Crippen molar-refractivity contribution >= 4 is 28.3 Å². The van der Waals surface area contributed by atoms with Gasteiger partial charge in [-0.2, -0.15) is 0 Å². The van der Waals surface area contributed by atoms with Crippen LogP contribution in [0.3, 0.4) is 0 Å². The zero-order valence-corrected chi connectivity index (χ0v) is 12.1. The first kappa shape index (κ1) is 14.4. The normalized spacial score (nSPS) is 11.4. The number of halogens is 1. The average Bonchev–Trinajstić information content (AvgIpc) is 2.79. The van der Waals surface area contributed by atoms with Gasteiger partial charge in [0.25, 0.3) is 0 Å². The largest absolute Gasteiger partial charge is 0.478 e. The standard InChI is InChI=1S/C13H14FN3O2S/c1-13(2,3)9-6-20-12(16-9)17-10-8(11(18)19)4-7(14)5-15-10/h4-6H,1-3H3,(H,18,19)(H,15,16,17). The Morgan fingerprint density at radius 1 is 1.45 bits per heavy atom. The number of anilines is 2. The second-order valence-corrected chi connectivity index (χ2v) is 6.13. The maximum absolute atomic E-state index is 13.0. The molecule has 0 aliphatic rings. The molecule has 0 bridgehead atoms. The van der Waals surface area contributed by atoms with E-state index in [1.165, 1.54) is 11.3 Å². The molecule has 0 spiro atoms. The summed E-state index contributed by atoms with van der Waals surface area (Å²) in [5.74, 6) is -1.86. The average molecular weight is 295 g/mol. The zero-order valence-electron chi connectivity index (χ0n) is 11.3. The minimum absolute atomic E-state index is 0.0775. The quantitative estimate of drug-likeness (QED) is 0.907. The third kappa shape index (κ3) is 3.11. The summed E-state index contributed by atoms with van der Waals surface area (Å²) in [6.45, 7) is 6.10. The topological polar surface area (TPSA) is 75.1 Å². The van der Waals surface area contributed by atoms with Crippen LogP contribution in [-0.2, 0) is 5.41 Å². The number of carbonyl (C=O) groups is 1. The summed E-state index contributed by atoms with van der Waals surface area (Å²) in [5, 5.41) is 14.3. The summed E-state index contributed by atoms with van der Waals surface area (Å²) in [6, 6.07) is 0.927. The van der Waals surface area contributed by atoms with Crippen molar-refractivity contribution in [3.63, 3.8) is 0 Å². The van der Waals surface area contributed by atoms with Crippen molar-refractivity contribution in [1.82, 2.24) is 9.97 Å². The van der Waals surface area contributed by atoms with Gasteiger partial charge in [-0.1, -0.05) is 20.8 Å². The Morgan fingerprint density at radius 2 is 2.15 bits per heavy atom. The van der Waals surface area contributed by atoms with E-state index in [0.717, 1.165) is 18.0 Å². The lowest BCUT2D eigenvalue weighted by Crippen LogP contribution is -2.11. The van der Waals surface area contributed by atoms with Crippen molar-refractivity contribution in [1.29, 1.82) is 0 Å². The summed E-state index contributed by atoms with van der Waals surface area (Å²) in [4.78, 5) is 19.2. The van der Waals surface area contributed by atoms with Crippen LogP contribution < -0.4 is 5.32 Å². The maximum Gasteiger partial charge on any atom is 0.339 e. The fourth-order valence-corrected chi connectivity index (χ4v) is 2.41. The Hall–Kier alpha value is -2.02. The van der Waals surface area contributed by atoms with Gasteiger partial charge >= 0.3 is 5.97 Å². The number of carboxylic acids is 1. The van der Waals surface area contributed by atoms with Crippen LogP contribution in [0, 0.1) is 5.82 Å². The zero-order chi connectivity index (χ0) is 14.9. The van der Waals surface area contributed by atoms with Crippen LogP contribution in [-0.4, -0.2) is 21.0 Å². The van der Waals surface area contributed by atoms with Crippen molar-refractivity contribution in [2.45, 2.75) is 26.2 Å². The van der Waals surface area contributed by atoms with E-state index >= 15 is 0 Å². The van der Waals surface area contributed by atoms with Crippen LogP contribution in [0.4, 0.5) is 15.3 Å². The molecule has 0 unspecified atom stereocenters. The van der Waals surface area contributed by atoms with Gasteiger partial charge in [-0.05, 0) is 6.07 Å². The smallest absolute Gasteiger partial charge is 0.339 e. The maximum atomic E-state index is 13.0. The number of aromatic nitrogens is 2. The van der Waals surface area contributed by atoms with E-state index in [2.05, 4.69) is 15.3 Å². The molecule has 2 N–H and O–H groups in total. The van der Waals surface area contributed by atoms with Crippen molar-refractivity contribution in [3.05, 3.63) is 34.7 Å². The Kier molecular flexibility index (Phi) is 3.71. The molecule has 0 aliphatic carbocycles. The molecule has 2 heterocycles. The molecule has 5 nitrogen and oxygen atoms in total. The van der Waals surface area contributed by atoms with E-state index in [1.807, 2.05) is 26.2 Å². The summed E-state index contributed by atoms with van der Waals surface area (Å²) in [6.07, 6.45) is 0.965. The molecule has 2 rings (SSSR count). The Morgan fingerprint density at radius 3 is 2.70 bits per heavy atom. The number of rotatable bonds is 3. The van der Waals surface area contributed by atoms with Crippen LogP contribution in [0.25, 0.3) is 0 Å². The van der Waals surface area contributed by atoms with E-state index in [9.17, 15) is 9.18 Å². The molecule has 0 aromatic carbocycles. The third-order valence-corrected chi connectivity index (χ3v) is 3.34. The molecule has 0 aliphatic heterocycles. The minimum atomic E-state index is -1.24. The SMILES string of the molecule is CC(C)(C)c1csc(Nc2ncc(F)cc2C(=O)O)n1. The highest BCUT2D eigenvalue weighted by Crippen LogP contribution is 2.28. The first-order valence-electron chi connectivity index (χ1n) is 5.89. The number of carboxylic acid groups (broad SMARTS) is 1. The van der Waals surface area contributed by atoms with Crippen LogP contribution >= 0.6 is 11.3 Å². The number of nitrogens with one attached hydrogen (secondary N) is 1. The van der Waals surface area contributed by atoms with Crippen LogP contribution in [0.2, 0.25) is 0 Å². The lowest BCUT2D eigenvalue weighted by molar-refractivity contribution is 0.0697. The predicted octanol–water partition coefficient (Wildman–Crippen LogP) is 3.42. The summed E-state index contributed by atoms with van der Waals surface area (Å²) in [7, 11) is 0. The van der Waals surface area contributed by atoms with Gasteiger partial charge < -0.3 is 10.4 Å². The molecule has 0 fully saturated rings. The van der Waals surface area contributed by atoms with E-state index in [0.29, 0.717) is 5.13 Å². The third-order valence-electron chi connectivity index (χ3n) is 2.58. The van der Waals surface area contributed by atoms with Crippen molar-refractivity contribution in [2.24, 2.45) is 0 Å². The van der Waals surface area contributed by atoms with Gasteiger partial charge in [-0.3, -0.25) is 0 Å². The molecular formula is C13H14FN3O2S. The van der Waals surface area contributed by atoms with Gasteiger partial charge in [0.1, 0.15) is 17.2 Å². The lowest BCUT2D eigenvalue weighted by atomic mass is 9.93. The molecule has 106 valence electrons. The second-order valence-electron chi connectivity index (χ2n) is 5.27. The van der Waals surface area contributed by atoms with E-state index in [4.69, 9.17) is 5.11 Å². The highest BCUT2D eigenvalue weighted by molar-refractivity contribution is 7.13. The van der Waals surface area contributed by atoms with Crippen LogP contribution in [0.5, 0.6) is 0 Å². The van der Waals surface area contributed by atoms with Gasteiger partial charge in [-0.15, -0.1) is 11.3 Å². The number of nitrogens with zero attached hydrogens (tertiary/aromatic N) is 2. The molecule has 2 aromatic heterocycles. The van der Waals surface area contributed by atoms with Gasteiger partial charge in [-0.25, -0.2) is 19.2 Å². The fraction of sp³-hybridized carbons (Fsp3) is 0.308. The number of hydrogen-bond donors (Lipinski definition) is 2. The molecule has 0 radical (unpaired) electrons. The molecule has 7 heteroatoms. The number of pyridine rings is 1. The molecule has 2 aromatic rings. The van der Waals surface area contributed by atoms with E-state index < -0.39 is 11.8 Å². The van der Waals surface area contributed by atoms with Crippen LogP contribution in [0.15, 0.2) is 17.6 Å². The minimum Gasteiger partial charge on any atom is -0.478 e. The summed E-state index contributed by atoms with van der Waals surface area (Å²) >= 11 is 1.35.